The summed E-state index contributed by atoms with van der Waals surface area (Å²) in [5.41, 5.74) is -4.43. The minimum Gasteiger partial charge on any atom is -0.443 e. The van der Waals surface area contributed by atoms with Gasteiger partial charge in [-0.2, -0.15) is 8.78 Å². The minimum atomic E-state index is -2.21. The summed E-state index contributed by atoms with van der Waals surface area (Å²) in [5.74, 6) is -8.57. The van der Waals surface area contributed by atoms with Crippen LogP contribution in [0.25, 0.3) is 0 Å². The van der Waals surface area contributed by atoms with E-state index in [0.717, 1.165) is 7.05 Å². The van der Waals surface area contributed by atoms with Gasteiger partial charge in [-0.05, 0) is 20.8 Å². The molecule has 0 fully saturated rings. The number of carbonyl (C=O) groups is 1. The largest absolute Gasteiger partial charge is 0.443 e. The number of anilines is 1. The Morgan fingerprint density at radius 2 is 1.50 bits per heavy atom. The van der Waals surface area contributed by atoms with Gasteiger partial charge >= 0.3 is 11.8 Å². The van der Waals surface area contributed by atoms with Crippen LogP contribution in [0, 0.1) is 33.4 Å². The van der Waals surface area contributed by atoms with E-state index >= 15 is 0 Å². The highest BCUT2D eigenvalue weighted by Crippen LogP contribution is 2.34. The summed E-state index contributed by atoms with van der Waals surface area (Å²) in [6.45, 7) is 4.38. The molecule has 0 aliphatic heterocycles. The van der Waals surface area contributed by atoms with Crippen molar-refractivity contribution in [1.82, 2.24) is 0 Å². The maximum absolute atomic E-state index is 13.8. The number of nitro benzene ring substituents is 1. The van der Waals surface area contributed by atoms with Gasteiger partial charge in [0.1, 0.15) is 11.3 Å². The fourth-order valence-corrected chi connectivity index (χ4v) is 1.48. The molecule has 122 valence electrons. The molecule has 6 nitrogen and oxygen atoms in total. The molecule has 0 bridgehead atoms. The third-order valence-electron chi connectivity index (χ3n) is 2.40. The molecule has 0 heterocycles. The molecule has 1 aromatic carbocycles. The van der Waals surface area contributed by atoms with Crippen LogP contribution in [0.2, 0.25) is 0 Å². The Labute approximate surface area is 122 Å². The molecular weight excluding hydrogens is 312 g/mol. The maximum atomic E-state index is 13.8. The lowest BCUT2D eigenvalue weighted by atomic mass is 10.2. The molecule has 22 heavy (non-hydrogen) atoms. The van der Waals surface area contributed by atoms with Crippen LogP contribution in [-0.4, -0.2) is 23.7 Å². The average molecular weight is 324 g/mol. The van der Waals surface area contributed by atoms with Crippen molar-refractivity contribution in [2.75, 3.05) is 11.9 Å². The van der Waals surface area contributed by atoms with Crippen LogP contribution in [0.5, 0.6) is 0 Å². The van der Waals surface area contributed by atoms with Gasteiger partial charge in [0, 0.05) is 7.05 Å². The number of hydrogen-bond donors (Lipinski definition) is 0. The number of ether oxygens (including phenoxy) is 1. The maximum Gasteiger partial charge on any atom is 0.414 e. The van der Waals surface area contributed by atoms with Gasteiger partial charge in [-0.25, -0.2) is 13.6 Å². The number of halogens is 4. The molecule has 0 saturated heterocycles. The van der Waals surface area contributed by atoms with Gasteiger partial charge < -0.3 is 4.74 Å². The quantitative estimate of drug-likeness (QED) is 0.361. The third-order valence-corrected chi connectivity index (χ3v) is 2.40. The van der Waals surface area contributed by atoms with E-state index in [1.54, 1.807) is 0 Å². The van der Waals surface area contributed by atoms with Crippen LogP contribution in [0.15, 0.2) is 0 Å². The van der Waals surface area contributed by atoms with Crippen molar-refractivity contribution in [3.63, 3.8) is 0 Å². The summed E-state index contributed by atoms with van der Waals surface area (Å²) in [7, 11) is 0.806. The predicted molar refractivity (Wildman–Crippen MR) is 67.6 cm³/mol. The van der Waals surface area contributed by atoms with E-state index in [-0.39, 0.29) is 4.90 Å². The van der Waals surface area contributed by atoms with Gasteiger partial charge in [-0.15, -0.1) is 0 Å². The lowest BCUT2D eigenvalue weighted by Gasteiger charge is -2.25. The van der Waals surface area contributed by atoms with E-state index < -0.39 is 51.3 Å². The second-order valence-electron chi connectivity index (χ2n) is 5.25. The number of benzene rings is 1. The summed E-state index contributed by atoms with van der Waals surface area (Å²) in [6, 6.07) is 0. The number of nitrogens with zero attached hydrogens (tertiary/aromatic N) is 2. The second kappa shape index (κ2) is 5.78. The molecule has 1 amide bonds. The molecule has 1 aromatic rings. The zero-order valence-electron chi connectivity index (χ0n) is 12.0. The fraction of sp³-hybridized carbons (Fsp3) is 0.417. The predicted octanol–water partition coefficient (Wildman–Crippen LogP) is 3.52. The fourth-order valence-electron chi connectivity index (χ4n) is 1.48. The molecule has 1 rings (SSSR count). The summed E-state index contributed by atoms with van der Waals surface area (Å²) in [6.07, 6.45) is -1.29. The third kappa shape index (κ3) is 3.26. The zero-order chi connectivity index (χ0) is 17.4. The van der Waals surface area contributed by atoms with Gasteiger partial charge in [-0.3, -0.25) is 15.0 Å². The number of rotatable bonds is 2. The Morgan fingerprint density at radius 3 is 1.82 bits per heavy atom. The molecule has 0 N–H and O–H groups in total. The summed E-state index contributed by atoms with van der Waals surface area (Å²) >= 11 is 0. The van der Waals surface area contributed by atoms with Crippen molar-refractivity contribution in [3.8, 4) is 0 Å². The average Bonchev–Trinajstić information content (AvgIpc) is 2.34. The first-order valence-corrected chi connectivity index (χ1v) is 5.85. The first-order chi connectivity index (χ1) is 9.88. The van der Waals surface area contributed by atoms with Gasteiger partial charge in [0.25, 0.3) is 0 Å². The highest BCUT2D eigenvalue weighted by atomic mass is 19.2. The highest BCUT2D eigenvalue weighted by Gasteiger charge is 2.36. The molecule has 0 unspecified atom stereocenters. The molecule has 0 saturated carbocycles. The summed E-state index contributed by atoms with van der Waals surface area (Å²) in [5, 5.41) is 10.4. The Balaban J connectivity index is 3.44. The van der Waals surface area contributed by atoms with Crippen molar-refractivity contribution in [2.45, 2.75) is 26.4 Å². The Kier molecular flexibility index (Phi) is 4.64. The number of amides is 1. The molecule has 0 atom stereocenters. The number of nitro groups is 1. The van der Waals surface area contributed by atoms with E-state index in [2.05, 4.69) is 0 Å². The van der Waals surface area contributed by atoms with Crippen LogP contribution < -0.4 is 4.90 Å². The Morgan fingerprint density at radius 1 is 1.09 bits per heavy atom. The van der Waals surface area contributed by atoms with Crippen LogP contribution >= 0.6 is 0 Å². The lowest BCUT2D eigenvalue weighted by molar-refractivity contribution is -0.390. The normalized spacial score (nSPS) is 11.3. The van der Waals surface area contributed by atoms with Crippen molar-refractivity contribution in [2.24, 2.45) is 0 Å². The molecule has 0 spiro atoms. The molecular formula is C12H12F4N2O4. The van der Waals surface area contributed by atoms with Crippen LogP contribution in [0.3, 0.4) is 0 Å². The molecule has 0 aliphatic rings. The summed E-state index contributed by atoms with van der Waals surface area (Å²) in [4.78, 5) is 20.7. The van der Waals surface area contributed by atoms with Crippen LogP contribution in [0.1, 0.15) is 20.8 Å². The topological polar surface area (TPSA) is 72.7 Å². The second-order valence-corrected chi connectivity index (χ2v) is 5.25. The van der Waals surface area contributed by atoms with Gasteiger partial charge in [0.05, 0.1) is 4.92 Å². The van der Waals surface area contributed by atoms with E-state index in [9.17, 15) is 32.5 Å². The van der Waals surface area contributed by atoms with E-state index in [1.165, 1.54) is 20.8 Å². The molecule has 0 aromatic heterocycles. The van der Waals surface area contributed by atoms with Crippen molar-refractivity contribution in [3.05, 3.63) is 33.4 Å². The first-order valence-electron chi connectivity index (χ1n) is 5.85. The smallest absolute Gasteiger partial charge is 0.414 e. The van der Waals surface area contributed by atoms with Gasteiger partial charge in [0.2, 0.25) is 11.6 Å². The van der Waals surface area contributed by atoms with Gasteiger partial charge in [-0.1, -0.05) is 0 Å². The molecule has 0 radical (unpaired) electrons. The van der Waals surface area contributed by atoms with E-state index in [1.807, 2.05) is 0 Å². The molecule has 10 heteroatoms. The van der Waals surface area contributed by atoms with Crippen molar-refractivity contribution < 1.29 is 32.0 Å². The van der Waals surface area contributed by atoms with E-state index in [4.69, 9.17) is 4.74 Å². The van der Waals surface area contributed by atoms with Crippen molar-refractivity contribution in [1.29, 1.82) is 0 Å². The van der Waals surface area contributed by atoms with Crippen molar-refractivity contribution >= 4 is 17.5 Å². The summed E-state index contributed by atoms with van der Waals surface area (Å²) < 4.78 is 59.4. The Hall–Kier alpha value is -2.39. The van der Waals surface area contributed by atoms with Gasteiger partial charge in [0.15, 0.2) is 11.6 Å². The van der Waals surface area contributed by atoms with Crippen LogP contribution in [-0.2, 0) is 4.74 Å². The SMILES string of the molecule is CN(C(=O)OC(C)(C)C)c1c(F)c(F)c([N+](=O)[O-])c(F)c1F. The molecule has 0 aliphatic carbocycles. The number of hydrogen-bond acceptors (Lipinski definition) is 4. The Bertz CT molecular complexity index is 614. The first kappa shape index (κ1) is 17.7. The van der Waals surface area contributed by atoms with Crippen LogP contribution in [0.4, 0.5) is 33.7 Å². The monoisotopic (exact) mass is 324 g/mol. The standard InChI is InChI=1S/C12H12F4N2O4/c1-12(2,3)22-11(19)17(4)9-5(13)7(15)10(18(20)21)8(16)6(9)14/h1-4H3. The van der Waals surface area contributed by atoms with E-state index in [0.29, 0.717) is 0 Å². The highest BCUT2D eigenvalue weighted by molar-refractivity contribution is 5.88. The minimum absolute atomic E-state index is 0.186. The number of carbonyl (C=O) groups excluding carboxylic acids is 1. The lowest BCUT2D eigenvalue weighted by Crippen LogP contribution is -2.35. The zero-order valence-corrected chi connectivity index (χ0v) is 12.0.